The molecular formula is C16H17N6O3S-. The number of nitrogens with one attached hydrogen (secondary N) is 1. The number of carbonyl (C=O) groups is 1. The van der Waals surface area contributed by atoms with Crippen molar-refractivity contribution in [1.82, 2.24) is 24.9 Å². The Morgan fingerprint density at radius 1 is 1.31 bits per heavy atom. The Kier molecular flexibility index (Phi) is 4.70. The van der Waals surface area contributed by atoms with Crippen LogP contribution in [0.3, 0.4) is 0 Å². The molecule has 10 heteroatoms. The fourth-order valence-electron chi connectivity index (χ4n) is 2.31. The summed E-state index contributed by atoms with van der Waals surface area (Å²) in [6, 6.07) is 4.71. The van der Waals surface area contributed by atoms with Crippen molar-refractivity contribution < 1.29 is 13.6 Å². The van der Waals surface area contributed by atoms with Gasteiger partial charge < -0.3 is 9.87 Å². The van der Waals surface area contributed by atoms with Gasteiger partial charge in [-0.2, -0.15) is 5.10 Å². The van der Waals surface area contributed by atoms with Crippen molar-refractivity contribution in [3.8, 4) is 0 Å². The number of rotatable bonds is 4. The largest absolute Gasteiger partial charge is 0.755 e. The molecule has 0 aliphatic carbocycles. The third-order valence-electron chi connectivity index (χ3n) is 3.33. The molecular weight excluding hydrogens is 356 g/mol. The maximum atomic E-state index is 12.5. The summed E-state index contributed by atoms with van der Waals surface area (Å²) in [5.41, 5.74) is 0.410. The summed E-state index contributed by atoms with van der Waals surface area (Å²) >= 11 is -2.62. The Morgan fingerprint density at radius 3 is 2.69 bits per heavy atom. The summed E-state index contributed by atoms with van der Waals surface area (Å²) < 4.78 is 25.9. The minimum Gasteiger partial charge on any atom is -0.755 e. The van der Waals surface area contributed by atoms with E-state index in [1.165, 1.54) is 29.2 Å². The monoisotopic (exact) mass is 373 g/mol. The first-order valence-corrected chi connectivity index (χ1v) is 8.76. The number of amides is 1. The molecule has 0 aliphatic heterocycles. The minimum absolute atomic E-state index is 0.129. The van der Waals surface area contributed by atoms with E-state index < -0.39 is 16.8 Å². The van der Waals surface area contributed by atoms with Crippen molar-refractivity contribution in [1.29, 1.82) is 0 Å². The van der Waals surface area contributed by atoms with Gasteiger partial charge in [0.15, 0.2) is 5.65 Å². The molecule has 1 amide bonds. The highest BCUT2D eigenvalue weighted by Crippen LogP contribution is 2.25. The predicted molar refractivity (Wildman–Crippen MR) is 95.5 cm³/mol. The summed E-state index contributed by atoms with van der Waals surface area (Å²) in [6.07, 6.45) is 5.89. The van der Waals surface area contributed by atoms with Crippen molar-refractivity contribution in [2.45, 2.75) is 26.3 Å². The molecule has 1 N–H and O–H groups in total. The van der Waals surface area contributed by atoms with Crippen molar-refractivity contribution >= 4 is 34.3 Å². The van der Waals surface area contributed by atoms with Gasteiger partial charge >= 0.3 is 0 Å². The molecule has 1 atom stereocenters. The lowest BCUT2D eigenvalue weighted by molar-refractivity contribution is 0.0921. The SMILES string of the molecule is CC(C)(C)NC(=O)c1cnn2ccc(N(c3cccnc3)S(=O)[O-])nc12. The van der Waals surface area contributed by atoms with Crippen LogP contribution in [-0.2, 0) is 11.3 Å². The highest BCUT2D eigenvalue weighted by atomic mass is 32.2. The Bertz CT molecular complexity index is 967. The van der Waals surface area contributed by atoms with Crippen LogP contribution in [0.5, 0.6) is 0 Å². The van der Waals surface area contributed by atoms with E-state index in [2.05, 4.69) is 20.4 Å². The van der Waals surface area contributed by atoms with E-state index in [0.29, 0.717) is 5.69 Å². The topological polar surface area (TPSA) is 116 Å². The van der Waals surface area contributed by atoms with E-state index in [0.717, 1.165) is 4.31 Å². The summed E-state index contributed by atoms with van der Waals surface area (Å²) in [7, 11) is 0. The molecule has 3 heterocycles. The summed E-state index contributed by atoms with van der Waals surface area (Å²) in [5.74, 6) is -0.211. The van der Waals surface area contributed by atoms with Crippen LogP contribution >= 0.6 is 0 Å². The van der Waals surface area contributed by atoms with Crippen LogP contribution in [0.2, 0.25) is 0 Å². The number of anilines is 2. The Balaban J connectivity index is 2.06. The highest BCUT2D eigenvalue weighted by Gasteiger charge is 2.21. The molecule has 0 radical (unpaired) electrons. The van der Waals surface area contributed by atoms with Crippen LogP contribution < -0.4 is 9.62 Å². The van der Waals surface area contributed by atoms with Gasteiger partial charge in [-0.3, -0.25) is 18.3 Å². The van der Waals surface area contributed by atoms with Crippen LogP contribution in [0, 0.1) is 0 Å². The highest BCUT2D eigenvalue weighted by molar-refractivity contribution is 7.81. The fourth-order valence-corrected chi connectivity index (χ4v) is 2.84. The van der Waals surface area contributed by atoms with Crippen LogP contribution in [0.1, 0.15) is 31.1 Å². The Hall–Kier alpha value is -2.85. The average Bonchev–Trinajstić information content (AvgIpc) is 2.97. The molecule has 26 heavy (non-hydrogen) atoms. The smallest absolute Gasteiger partial charge is 0.257 e. The molecule has 0 bridgehead atoms. The van der Waals surface area contributed by atoms with Crippen LogP contribution in [0.25, 0.3) is 5.65 Å². The number of carbonyl (C=O) groups excluding carboxylic acids is 1. The predicted octanol–water partition coefficient (Wildman–Crippen LogP) is 1.58. The third-order valence-corrected chi connectivity index (χ3v) is 4.02. The zero-order chi connectivity index (χ0) is 18.9. The number of hydrogen-bond donors (Lipinski definition) is 1. The quantitative estimate of drug-likeness (QED) is 0.694. The van der Waals surface area contributed by atoms with Crippen molar-refractivity contribution in [2.75, 3.05) is 4.31 Å². The Labute approximate surface area is 152 Å². The maximum absolute atomic E-state index is 12.5. The standard InChI is InChI=1S/C16H18N6O3S/c1-16(2,3)20-15(23)12-10-18-21-8-6-13(19-14(12)21)22(26(24)25)11-5-4-7-17-9-11/h4-10H,1-3H3,(H,20,23)(H,24,25)/p-1. The molecule has 0 fully saturated rings. The molecule has 0 saturated carbocycles. The molecule has 0 spiro atoms. The second-order valence-corrected chi connectivity index (χ2v) is 7.34. The van der Waals surface area contributed by atoms with Crippen molar-refractivity contribution in [2.24, 2.45) is 0 Å². The molecule has 3 aromatic rings. The van der Waals surface area contributed by atoms with Crippen molar-refractivity contribution in [3.63, 3.8) is 0 Å². The van der Waals surface area contributed by atoms with Crippen LogP contribution in [0.15, 0.2) is 43.0 Å². The van der Waals surface area contributed by atoms with Gasteiger partial charge in [0.1, 0.15) is 11.4 Å². The van der Waals surface area contributed by atoms with Crippen molar-refractivity contribution in [3.05, 3.63) is 48.5 Å². The number of aromatic nitrogens is 4. The van der Waals surface area contributed by atoms with Gasteiger partial charge in [0.2, 0.25) is 0 Å². The van der Waals surface area contributed by atoms with Crippen LogP contribution in [-0.4, -0.2) is 39.8 Å². The first-order chi connectivity index (χ1) is 12.3. The maximum Gasteiger partial charge on any atom is 0.257 e. The zero-order valence-corrected chi connectivity index (χ0v) is 15.2. The zero-order valence-electron chi connectivity index (χ0n) is 14.4. The van der Waals surface area contributed by atoms with Gasteiger partial charge in [-0.05, 0) is 32.9 Å². The molecule has 0 saturated heterocycles. The molecule has 0 aromatic carbocycles. The first kappa shape index (κ1) is 18.0. The Morgan fingerprint density at radius 2 is 2.08 bits per heavy atom. The average molecular weight is 373 g/mol. The summed E-state index contributed by atoms with van der Waals surface area (Å²) in [4.78, 5) is 20.7. The van der Waals surface area contributed by atoms with Crippen LogP contribution in [0.4, 0.5) is 11.5 Å². The summed E-state index contributed by atoms with van der Waals surface area (Å²) in [5, 5.41) is 6.94. The lowest BCUT2D eigenvalue weighted by Crippen LogP contribution is -2.40. The molecule has 1 unspecified atom stereocenters. The number of pyridine rings is 1. The fraction of sp³-hybridized carbons (Fsp3) is 0.250. The number of hydrogen-bond acceptors (Lipinski definition) is 6. The molecule has 0 aliphatic rings. The molecule has 3 rings (SSSR count). The summed E-state index contributed by atoms with van der Waals surface area (Å²) in [6.45, 7) is 5.58. The van der Waals surface area contributed by atoms with E-state index in [9.17, 15) is 13.6 Å². The van der Waals surface area contributed by atoms with E-state index >= 15 is 0 Å². The lowest BCUT2D eigenvalue weighted by atomic mass is 10.1. The number of fused-ring (bicyclic) bond motifs is 1. The molecule has 9 nitrogen and oxygen atoms in total. The van der Waals surface area contributed by atoms with E-state index in [1.807, 2.05) is 20.8 Å². The second-order valence-electron chi connectivity index (χ2n) is 6.54. The minimum atomic E-state index is -2.62. The van der Waals surface area contributed by atoms with Gasteiger partial charge in [0, 0.05) is 24.0 Å². The third kappa shape index (κ3) is 3.70. The van der Waals surface area contributed by atoms with Gasteiger partial charge in [-0.15, -0.1) is 0 Å². The first-order valence-electron chi connectivity index (χ1n) is 7.73. The van der Waals surface area contributed by atoms with Gasteiger partial charge in [-0.1, -0.05) is 0 Å². The van der Waals surface area contributed by atoms with Gasteiger partial charge in [-0.25, -0.2) is 9.50 Å². The van der Waals surface area contributed by atoms with E-state index in [-0.39, 0.29) is 22.9 Å². The number of nitrogens with zero attached hydrogens (tertiary/aromatic N) is 5. The van der Waals surface area contributed by atoms with Gasteiger partial charge in [0.25, 0.3) is 5.91 Å². The van der Waals surface area contributed by atoms with E-state index in [1.54, 1.807) is 18.3 Å². The second kappa shape index (κ2) is 6.81. The molecule has 136 valence electrons. The normalized spacial score (nSPS) is 12.8. The lowest BCUT2D eigenvalue weighted by Gasteiger charge is -2.25. The van der Waals surface area contributed by atoms with E-state index in [4.69, 9.17) is 0 Å². The molecule has 3 aromatic heterocycles. The van der Waals surface area contributed by atoms with Gasteiger partial charge in [0.05, 0.1) is 29.3 Å².